The summed E-state index contributed by atoms with van der Waals surface area (Å²) in [6.45, 7) is 2.81. The summed E-state index contributed by atoms with van der Waals surface area (Å²) in [5, 5.41) is 0. The second-order valence-electron chi connectivity index (χ2n) is 4.42. The smallest absolute Gasteiger partial charge is 0.232 e. The maximum Gasteiger partial charge on any atom is 0.232 e. The molecule has 0 aromatic heterocycles. The maximum absolute atomic E-state index is 11.8. The zero-order valence-corrected chi connectivity index (χ0v) is 11.0. The van der Waals surface area contributed by atoms with E-state index in [-0.39, 0.29) is 5.75 Å². The van der Waals surface area contributed by atoms with Crippen molar-refractivity contribution in [2.45, 2.75) is 19.8 Å². The summed E-state index contributed by atoms with van der Waals surface area (Å²) in [4.78, 5) is 0. The van der Waals surface area contributed by atoms with Gasteiger partial charge in [-0.05, 0) is 13.0 Å². The van der Waals surface area contributed by atoms with Gasteiger partial charge in [-0.2, -0.15) is 0 Å². The molecule has 3 rings (SSSR count). The van der Waals surface area contributed by atoms with Crippen molar-refractivity contribution in [3.63, 3.8) is 0 Å². The van der Waals surface area contributed by atoms with Crippen LogP contribution in [0.25, 0.3) is 0 Å². The number of fused-ring (bicyclic) bond motifs is 2. The van der Waals surface area contributed by atoms with Crippen LogP contribution < -0.4 is 14.2 Å². The molecule has 18 heavy (non-hydrogen) atoms. The van der Waals surface area contributed by atoms with Crippen LogP contribution in [-0.4, -0.2) is 27.4 Å². The van der Waals surface area contributed by atoms with E-state index in [4.69, 9.17) is 9.47 Å². The van der Waals surface area contributed by atoms with Crippen LogP contribution in [0.15, 0.2) is 6.07 Å². The van der Waals surface area contributed by atoms with Crippen LogP contribution in [0.5, 0.6) is 11.5 Å². The second kappa shape index (κ2) is 4.05. The average Bonchev–Trinajstić information content (AvgIpc) is 2.96. The van der Waals surface area contributed by atoms with E-state index in [2.05, 4.69) is 4.72 Å². The van der Waals surface area contributed by atoms with Gasteiger partial charge in [0.1, 0.15) is 11.5 Å². The van der Waals surface area contributed by atoms with Gasteiger partial charge in [0.25, 0.3) is 0 Å². The zero-order chi connectivity index (χ0) is 12.8. The summed E-state index contributed by atoms with van der Waals surface area (Å²) in [6.07, 6.45) is 1.51. The minimum Gasteiger partial charge on any atom is -0.493 e. The normalized spacial score (nSPS) is 16.7. The first-order chi connectivity index (χ1) is 8.61. The lowest BCUT2D eigenvalue weighted by molar-refractivity contribution is 0.356. The van der Waals surface area contributed by atoms with E-state index < -0.39 is 10.0 Å². The van der Waals surface area contributed by atoms with E-state index in [1.807, 2.05) is 6.07 Å². The Kier molecular flexibility index (Phi) is 2.62. The number of nitrogens with one attached hydrogen (secondary N) is 1. The first-order valence-corrected chi connectivity index (χ1v) is 7.71. The molecule has 2 heterocycles. The number of ether oxygens (including phenoxy) is 2. The zero-order valence-electron chi connectivity index (χ0n) is 10.2. The number of anilines is 1. The van der Waals surface area contributed by atoms with E-state index in [9.17, 15) is 8.42 Å². The highest BCUT2D eigenvalue weighted by Gasteiger charge is 2.28. The van der Waals surface area contributed by atoms with E-state index >= 15 is 0 Å². The fourth-order valence-corrected chi connectivity index (χ4v) is 2.99. The molecule has 0 fully saturated rings. The largest absolute Gasteiger partial charge is 0.493 e. The Hall–Kier alpha value is -1.43. The molecule has 0 radical (unpaired) electrons. The minimum atomic E-state index is -3.30. The van der Waals surface area contributed by atoms with Gasteiger partial charge in [0, 0.05) is 24.0 Å². The molecule has 98 valence electrons. The Morgan fingerprint density at radius 3 is 2.83 bits per heavy atom. The average molecular weight is 269 g/mol. The topological polar surface area (TPSA) is 64.6 Å². The monoisotopic (exact) mass is 269 g/mol. The van der Waals surface area contributed by atoms with E-state index in [1.165, 1.54) is 0 Å². The Balaban J connectivity index is 2.13. The Morgan fingerprint density at radius 2 is 2.06 bits per heavy atom. The number of hydrogen-bond donors (Lipinski definition) is 1. The first kappa shape index (κ1) is 11.6. The van der Waals surface area contributed by atoms with Crippen molar-refractivity contribution in [3.05, 3.63) is 17.2 Å². The van der Waals surface area contributed by atoms with Gasteiger partial charge in [-0.15, -0.1) is 0 Å². The van der Waals surface area contributed by atoms with Gasteiger partial charge in [0.15, 0.2) is 0 Å². The van der Waals surface area contributed by atoms with Crippen molar-refractivity contribution in [2.75, 3.05) is 23.7 Å². The lowest BCUT2D eigenvalue weighted by Crippen LogP contribution is -2.16. The lowest BCUT2D eigenvalue weighted by atomic mass is 10.0. The molecule has 2 aliphatic heterocycles. The third-order valence-electron chi connectivity index (χ3n) is 3.29. The van der Waals surface area contributed by atoms with Gasteiger partial charge in [-0.1, -0.05) is 0 Å². The Bertz CT molecular complexity index is 562. The summed E-state index contributed by atoms with van der Waals surface area (Å²) >= 11 is 0. The molecule has 0 bridgehead atoms. The molecule has 0 atom stereocenters. The second-order valence-corrected chi connectivity index (χ2v) is 6.43. The SMILES string of the molecule is CCS(=O)(=O)Nc1c2c(cc3c1OCC3)OCC2. The van der Waals surface area contributed by atoms with Gasteiger partial charge >= 0.3 is 0 Å². The van der Waals surface area contributed by atoms with Crippen LogP contribution in [0.2, 0.25) is 0 Å². The van der Waals surface area contributed by atoms with Gasteiger partial charge in [0.2, 0.25) is 10.0 Å². The quantitative estimate of drug-likeness (QED) is 0.898. The van der Waals surface area contributed by atoms with Crippen molar-refractivity contribution in [1.29, 1.82) is 0 Å². The molecule has 1 aromatic rings. The highest BCUT2D eigenvalue weighted by molar-refractivity contribution is 7.92. The maximum atomic E-state index is 11.8. The molecule has 0 saturated carbocycles. The third kappa shape index (κ3) is 1.80. The first-order valence-electron chi connectivity index (χ1n) is 6.05. The molecule has 2 aliphatic rings. The molecule has 5 nitrogen and oxygen atoms in total. The Labute approximate surface area is 106 Å². The van der Waals surface area contributed by atoms with E-state index in [0.717, 1.165) is 23.3 Å². The summed E-state index contributed by atoms with van der Waals surface area (Å²) in [7, 11) is -3.30. The summed E-state index contributed by atoms with van der Waals surface area (Å²) in [5.74, 6) is 1.51. The molecule has 0 unspecified atom stereocenters. The molecule has 1 N–H and O–H groups in total. The summed E-state index contributed by atoms with van der Waals surface area (Å²) in [6, 6.07) is 1.97. The van der Waals surface area contributed by atoms with Gasteiger partial charge in [-0.25, -0.2) is 8.42 Å². The van der Waals surface area contributed by atoms with Crippen LogP contribution >= 0.6 is 0 Å². The standard InChI is InChI=1S/C12H15NO4S/c1-2-18(14,15)13-11-9-4-6-16-10(9)7-8-3-5-17-12(8)11/h7,13H,2-6H2,1H3. The predicted octanol–water partition coefficient (Wildman–Crippen LogP) is 1.32. The molecule has 1 aromatic carbocycles. The fraction of sp³-hybridized carbons (Fsp3) is 0.500. The predicted molar refractivity (Wildman–Crippen MR) is 67.9 cm³/mol. The molecule has 6 heteroatoms. The minimum absolute atomic E-state index is 0.0479. The van der Waals surface area contributed by atoms with Crippen LogP contribution in [0, 0.1) is 0 Å². The third-order valence-corrected chi connectivity index (χ3v) is 4.56. The van der Waals surface area contributed by atoms with Crippen molar-refractivity contribution < 1.29 is 17.9 Å². The van der Waals surface area contributed by atoms with Gasteiger partial charge in [-0.3, -0.25) is 4.72 Å². The van der Waals surface area contributed by atoms with Crippen LogP contribution in [0.3, 0.4) is 0 Å². The van der Waals surface area contributed by atoms with E-state index in [1.54, 1.807) is 6.92 Å². The Morgan fingerprint density at radius 1 is 1.28 bits per heavy atom. The molecule has 0 amide bonds. The summed E-state index contributed by atoms with van der Waals surface area (Å²) < 4.78 is 37.2. The van der Waals surface area contributed by atoms with Gasteiger partial charge in [0.05, 0.1) is 24.7 Å². The summed E-state index contributed by atoms with van der Waals surface area (Å²) in [5.41, 5.74) is 2.51. The van der Waals surface area contributed by atoms with Crippen molar-refractivity contribution in [2.24, 2.45) is 0 Å². The fourth-order valence-electron chi connectivity index (χ4n) is 2.32. The number of benzene rings is 1. The number of sulfonamides is 1. The molecular weight excluding hydrogens is 254 g/mol. The highest BCUT2D eigenvalue weighted by Crippen LogP contribution is 2.44. The van der Waals surface area contributed by atoms with Gasteiger partial charge < -0.3 is 9.47 Å². The molecular formula is C12H15NO4S. The van der Waals surface area contributed by atoms with Crippen molar-refractivity contribution >= 4 is 15.7 Å². The highest BCUT2D eigenvalue weighted by atomic mass is 32.2. The van der Waals surface area contributed by atoms with E-state index in [0.29, 0.717) is 31.1 Å². The number of rotatable bonds is 3. The molecule has 0 aliphatic carbocycles. The lowest BCUT2D eigenvalue weighted by Gasteiger charge is -2.14. The molecule has 0 spiro atoms. The number of hydrogen-bond acceptors (Lipinski definition) is 4. The van der Waals surface area contributed by atoms with Crippen molar-refractivity contribution in [1.82, 2.24) is 0 Å². The van der Waals surface area contributed by atoms with Crippen LogP contribution in [-0.2, 0) is 22.9 Å². The molecule has 0 saturated heterocycles. The van der Waals surface area contributed by atoms with Crippen LogP contribution in [0.1, 0.15) is 18.1 Å². The van der Waals surface area contributed by atoms with Crippen molar-refractivity contribution in [3.8, 4) is 11.5 Å². The van der Waals surface area contributed by atoms with Crippen LogP contribution in [0.4, 0.5) is 5.69 Å².